The largest absolute Gasteiger partial charge is 0.374 e. The number of H-pyrrole nitrogens is 1. The van der Waals surface area contributed by atoms with Crippen LogP contribution in [-0.4, -0.2) is 28.6 Å². The minimum atomic E-state index is -2.74. The van der Waals surface area contributed by atoms with Crippen molar-refractivity contribution in [2.45, 2.75) is 18.9 Å². The molecule has 0 saturated carbocycles. The molecule has 4 rings (SSSR count). The molecule has 3 aromatic rings. The standard InChI is InChI=1S/C21H18ClF2N5O2/c1-11(26-16-4-3-13(8-25)28(2)20(16)31)14-5-12-6-15(22)18(7-17(12)27-19(14)30)29-9-21(23,24)10-29/h3-7,11,26H,9-10H2,1-2H3,(H,27,30)/t11-/m0/s1. The van der Waals surface area contributed by atoms with Crippen molar-refractivity contribution in [1.82, 2.24) is 9.55 Å². The van der Waals surface area contributed by atoms with Crippen molar-refractivity contribution >= 4 is 33.9 Å². The molecular weight excluding hydrogens is 428 g/mol. The zero-order valence-electron chi connectivity index (χ0n) is 16.7. The van der Waals surface area contributed by atoms with Gasteiger partial charge in [-0.05, 0) is 37.3 Å². The normalized spacial score (nSPS) is 15.9. The molecule has 160 valence electrons. The lowest BCUT2D eigenvalue weighted by molar-refractivity contribution is -0.0262. The van der Waals surface area contributed by atoms with Crippen LogP contribution in [0.25, 0.3) is 10.9 Å². The first-order chi connectivity index (χ1) is 14.6. The summed E-state index contributed by atoms with van der Waals surface area (Å²) in [6.07, 6.45) is 0. The molecule has 7 nitrogen and oxygen atoms in total. The van der Waals surface area contributed by atoms with Crippen LogP contribution in [0.2, 0.25) is 5.02 Å². The zero-order valence-corrected chi connectivity index (χ0v) is 17.4. The third-order valence-electron chi connectivity index (χ3n) is 5.38. The number of anilines is 2. The quantitative estimate of drug-likeness (QED) is 0.642. The van der Waals surface area contributed by atoms with Crippen molar-refractivity contribution in [2.24, 2.45) is 7.05 Å². The predicted molar refractivity (Wildman–Crippen MR) is 115 cm³/mol. The fourth-order valence-electron chi connectivity index (χ4n) is 3.65. The Balaban J connectivity index is 1.66. The number of aromatic amines is 1. The van der Waals surface area contributed by atoms with Gasteiger partial charge in [0.1, 0.15) is 17.5 Å². The SMILES string of the molecule is C[C@H](Nc1ccc(C#N)n(C)c1=O)c1cc2cc(Cl)c(N3CC(F)(F)C3)cc2[nH]c1=O. The number of hydrogen-bond donors (Lipinski definition) is 2. The van der Waals surface area contributed by atoms with Crippen molar-refractivity contribution in [2.75, 3.05) is 23.3 Å². The molecule has 1 saturated heterocycles. The summed E-state index contributed by atoms with van der Waals surface area (Å²) < 4.78 is 27.6. The smallest absolute Gasteiger partial charge is 0.282 e. The van der Waals surface area contributed by atoms with Crippen LogP contribution < -0.4 is 21.3 Å². The fraction of sp³-hybridized carbons (Fsp3) is 0.286. The van der Waals surface area contributed by atoms with Gasteiger partial charge in [-0.3, -0.25) is 9.59 Å². The molecule has 0 bridgehead atoms. The maximum Gasteiger partial charge on any atom is 0.282 e. The Bertz CT molecular complexity index is 1350. The Morgan fingerprint density at radius 2 is 1.97 bits per heavy atom. The van der Waals surface area contributed by atoms with Crippen LogP contribution in [0, 0.1) is 11.3 Å². The molecule has 1 fully saturated rings. The number of halogens is 3. The monoisotopic (exact) mass is 445 g/mol. The average molecular weight is 446 g/mol. The lowest BCUT2D eigenvalue weighted by atomic mass is 10.0. The van der Waals surface area contributed by atoms with Gasteiger partial charge in [-0.25, -0.2) is 8.78 Å². The topological polar surface area (TPSA) is 93.9 Å². The van der Waals surface area contributed by atoms with Gasteiger partial charge in [-0.15, -0.1) is 0 Å². The van der Waals surface area contributed by atoms with Gasteiger partial charge in [0, 0.05) is 18.0 Å². The summed E-state index contributed by atoms with van der Waals surface area (Å²) in [4.78, 5) is 29.3. The summed E-state index contributed by atoms with van der Waals surface area (Å²) in [5.41, 5.74) is 0.999. The number of nitrogens with zero attached hydrogens (tertiary/aromatic N) is 3. The van der Waals surface area contributed by atoms with Gasteiger partial charge in [0.05, 0.1) is 35.4 Å². The van der Waals surface area contributed by atoms with Crippen molar-refractivity contribution in [3.8, 4) is 6.07 Å². The molecule has 3 heterocycles. The minimum absolute atomic E-state index is 0.220. The van der Waals surface area contributed by atoms with E-state index in [1.165, 1.54) is 28.6 Å². The van der Waals surface area contributed by atoms with E-state index < -0.39 is 25.1 Å². The number of nitriles is 1. The Labute approximate surface area is 180 Å². The summed E-state index contributed by atoms with van der Waals surface area (Å²) in [5.74, 6) is -2.74. The summed E-state index contributed by atoms with van der Waals surface area (Å²) in [6, 6.07) is 9.28. The van der Waals surface area contributed by atoms with Crippen LogP contribution in [0.15, 0.2) is 39.9 Å². The molecule has 1 atom stereocenters. The highest BCUT2D eigenvalue weighted by atomic mass is 35.5. The van der Waals surface area contributed by atoms with Crippen molar-refractivity contribution in [3.63, 3.8) is 0 Å². The second kappa shape index (κ2) is 7.39. The van der Waals surface area contributed by atoms with Crippen molar-refractivity contribution in [3.05, 3.63) is 67.3 Å². The number of benzene rings is 1. The summed E-state index contributed by atoms with van der Waals surface area (Å²) >= 11 is 6.31. The van der Waals surface area contributed by atoms with Crippen LogP contribution in [-0.2, 0) is 7.05 Å². The molecule has 0 unspecified atom stereocenters. The summed E-state index contributed by atoms with van der Waals surface area (Å²) in [6.45, 7) is 0.897. The van der Waals surface area contributed by atoms with Gasteiger partial charge < -0.3 is 19.8 Å². The van der Waals surface area contributed by atoms with Crippen LogP contribution in [0.3, 0.4) is 0 Å². The maximum atomic E-state index is 13.2. The number of aromatic nitrogens is 2. The van der Waals surface area contributed by atoms with Crippen LogP contribution in [0.1, 0.15) is 24.2 Å². The first kappa shape index (κ1) is 20.9. The molecule has 1 aliphatic heterocycles. The Kier molecular flexibility index (Phi) is 4.98. The van der Waals surface area contributed by atoms with Crippen LogP contribution in [0.4, 0.5) is 20.2 Å². The lowest BCUT2D eigenvalue weighted by Crippen LogP contribution is -2.56. The second-order valence-corrected chi connectivity index (χ2v) is 8.04. The van der Waals surface area contributed by atoms with E-state index in [4.69, 9.17) is 16.9 Å². The molecule has 31 heavy (non-hydrogen) atoms. The Morgan fingerprint density at radius 3 is 2.61 bits per heavy atom. The Morgan fingerprint density at radius 1 is 1.26 bits per heavy atom. The third kappa shape index (κ3) is 3.75. The van der Waals surface area contributed by atoms with Gasteiger partial charge in [0.2, 0.25) is 0 Å². The molecule has 0 spiro atoms. The van der Waals surface area contributed by atoms with Gasteiger partial charge in [0.15, 0.2) is 0 Å². The molecule has 0 amide bonds. The minimum Gasteiger partial charge on any atom is -0.374 e. The van der Waals surface area contributed by atoms with E-state index in [-0.39, 0.29) is 22.5 Å². The van der Waals surface area contributed by atoms with Gasteiger partial charge in [0.25, 0.3) is 17.0 Å². The molecule has 0 radical (unpaired) electrons. The summed E-state index contributed by atoms with van der Waals surface area (Å²) in [5, 5.41) is 13.0. The zero-order chi connectivity index (χ0) is 22.5. The van der Waals surface area contributed by atoms with Gasteiger partial charge >= 0.3 is 0 Å². The van der Waals surface area contributed by atoms with E-state index in [1.807, 2.05) is 6.07 Å². The highest BCUT2D eigenvalue weighted by Crippen LogP contribution is 2.37. The molecule has 0 aliphatic carbocycles. The first-order valence-corrected chi connectivity index (χ1v) is 9.83. The molecule has 2 N–H and O–H groups in total. The second-order valence-electron chi connectivity index (χ2n) is 7.63. The highest BCUT2D eigenvalue weighted by Gasteiger charge is 2.44. The number of alkyl halides is 2. The highest BCUT2D eigenvalue weighted by molar-refractivity contribution is 6.34. The van der Waals surface area contributed by atoms with E-state index in [0.29, 0.717) is 27.2 Å². The number of hydrogen-bond acceptors (Lipinski definition) is 5. The van der Waals surface area contributed by atoms with Crippen molar-refractivity contribution < 1.29 is 8.78 Å². The number of fused-ring (bicyclic) bond motifs is 1. The molecular formula is C21H18ClF2N5O2. The van der Waals surface area contributed by atoms with Crippen LogP contribution in [0.5, 0.6) is 0 Å². The number of nitrogens with one attached hydrogen (secondary N) is 2. The van der Waals surface area contributed by atoms with Crippen molar-refractivity contribution in [1.29, 1.82) is 5.26 Å². The predicted octanol–water partition coefficient (Wildman–Crippen LogP) is 3.38. The van der Waals surface area contributed by atoms with E-state index in [9.17, 15) is 18.4 Å². The fourth-order valence-corrected chi connectivity index (χ4v) is 3.94. The molecule has 2 aromatic heterocycles. The first-order valence-electron chi connectivity index (χ1n) is 9.45. The molecule has 10 heteroatoms. The summed E-state index contributed by atoms with van der Waals surface area (Å²) in [7, 11) is 1.49. The van der Waals surface area contributed by atoms with Gasteiger partial charge in [-0.2, -0.15) is 5.26 Å². The lowest BCUT2D eigenvalue weighted by Gasteiger charge is -2.40. The maximum absolute atomic E-state index is 13.2. The van der Waals surface area contributed by atoms with E-state index >= 15 is 0 Å². The average Bonchev–Trinajstić information content (AvgIpc) is 2.69. The molecule has 1 aromatic carbocycles. The van der Waals surface area contributed by atoms with E-state index in [1.54, 1.807) is 25.1 Å². The number of rotatable bonds is 4. The Hall–Kier alpha value is -3.38. The van der Waals surface area contributed by atoms with Crippen LogP contribution >= 0.6 is 11.6 Å². The van der Waals surface area contributed by atoms with Gasteiger partial charge in [-0.1, -0.05) is 11.6 Å². The number of pyridine rings is 2. The molecule has 1 aliphatic rings. The van der Waals surface area contributed by atoms with E-state index in [2.05, 4.69) is 10.3 Å². The van der Waals surface area contributed by atoms with E-state index in [0.717, 1.165) is 0 Å². The third-order valence-corrected chi connectivity index (χ3v) is 5.69.